The number of rotatable bonds is 4. The summed E-state index contributed by atoms with van der Waals surface area (Å²) in [6.45, 7) is 1.63. The summed E-state index contributed by atoms with van der Waals surface area (Å²) < 4.78 is 30.8. The third kappa shape index (κ3) is 3.16. The number of aromatic amines is 1. The van der Waals surface area contributed by atoms with Gasteiger partial charge >= 0.3 is 5.97 Å². The number of ether oxygens (including phenoxy) is 1. The average Bonchev–Trinajstić information content (AvgIpc) is 2.83. The van der Waals surface area contributed by atoms with Crippen LogP contribution in [-0.4, -0.2) is 22.8 Å². The van der Waals surface area contributed by atoms with Crippen LogP contribution < -0.4 is 0 Å². The molecule has 0 bridgehead atoms. The molecule has 0 spiro atoms. The van der Waals surface area contributed by atoms with Crippen molar-refractivity contribution >= 4 is 29.2 Å². The minimum Gasteiger partial charge on any atom is -0.462 e. The first-order valence-corrected chi connectivity index (χ1v) is 6.70. The number of H-pyrrole nitrogens is 1. The number of aromatic nitrogens is 2. The second-order valence-electron chi connectivity index (χ2n) is 4.01. The highest BCUT2D eigenvalue weighted by Gasteiger charge is 2.28. The van der Waals surface area contributed by atoms with Crippen LogP contribution >= 0.6 is 23.2 Å². The summed E-state index contributed by atoms with van der Waals surface area (Å²) in [7, 11) is 0. The Labute approximate surface area is 129 Å². The first kappa shape index (κ1) is 15.7. The topological polar surface area (TPSA) is 55.0 Å². The quantitative estimate of drug-likeness (QED) is 0.837. The molecule has 1 aromatic carbocycles. The molecule has 0 radical (unpaired) electrons. The highest BCUT2D eigenvalue weighted by atomic mass is 35.5. The van der Waals surface area contributed by atoms with Gasteiger partial charge in [-0.15, -0.1) is 0 Å². The second kappa shape index (κ2) is 6.41. The van der Waals surface area contributed by atoms with Crippen molar-refractivity contribution in [3.63, 3.8) is 0 Å². The van der Waals surface area contributed by atoms with Gasteiger partial charge in [0, 0.05) is 10.6 Å². The molecule has 112 valence electrons. The van der Waals surface area contributed by atoms with Gasteiger partial charge < -0.3 is 4.74 Å². The zero-order valence-electron chi connectivity index (χ0n) is 10.8. The molecule has 2 aromatic rings. The van der Waals surface area contributed by atoms with E-state index in [4.69, 9.17) is 27.9 Å². The molecule has 4 nitrogen and oxygen atoms in total. The average molecular weight is 335 g/mol. The Balaban J connectivity index is 2.60. The number of halogens is 4. The largest absolute Gasteiger partial charge is 0.462 e. The van der Waals surface area contributed by atoms with Gasteiger partial charge in [-0.3, -0.25) is 5.10 Å². The van der Waals surface area contributed by atoms with E-state index in [9.17, 15) is 13.6 Å². The van der Waals surface area contributed by atoms with Crippen molar-refractivity contribution in [2.24, 2.45) is 0 Å². The van der Waals surface area contributed by atoms with Crippen molar-refractivity contribution in [2.45, 2.75) is 13.3 Å². The lowest BCUT2D eigenvalue weighted by Gasteiger charge is -2.07. The predicted molar refractivity (Wildman–Crippen MR) is 75.0 cm³/mol. The monoisotopic (exact) mass is 334 g/mol. The first-order chi connectivity index (χ1) is 9.95. The van der Waals surface area contributed by atoms with E-state index in [2.05, 4.69) is 10.2 Å². The Morgan fingerprint density at radius 1 is 1.43 bits per heavy atom. The van der Waals surface area contributed by atoms with Gasteiger partial charge in [0.2, 0.25) is 0 Å². The fraction of sp³-hybridized carbons (Fsp3) is 0.231. The van der Waals surface area contributed by atoms with Crippen LogP contribution in [-0.2, 0) is 4.74 Å². The predicted octanol–water partition coefficient (Wildman–Crippen LogP) is 4.50. The van der Waals surface area contributed by atoms with Crippen LogP contribution in [0, 0.1) is 0 Å². The first-order valence-electron chi connectivity index (χ1n) is 5.94. The minimum absolute atomic E-state index is 0.00502. The van der Waals surface area contributed by atoms with Crippen LogP contribution in [0.3, 0.4) is 0 Å². The van der Waals surface area contributed by atoms with Crippen LogP contribution in [0.15, 0.2) is 18.2 Å². The summed E-state index contributed by atoms with van der Waals surface area (Å²) >= 11 is 11.8. The molecule has 0 fully saturated rings. The number of alkyl halides is 2. The highest BCUT2D eigenvalue weighted by Crippen LogP contribution is 2.35. The molecule has 2 rings (SSSR count). The third-order valence-electron chi connectivity index (χ3n) is 2.68. The van der Waals surface area contributed by atoms with Crippen molar-refractivity contribution in [1.29, 1.82) is 0 Å². The zero-order chi connectivity index (χ0) is 15.6. The Kier molecular flexibility index (Phi) is 4.80. The number of benzene rings is 1. The van der Waals surface area contributed by atoms with E-state index in [1.807, 2.05) is 0 Å². The molecule has 0 aliphatic rings. The summed E-state index contributed by atoms with van der Waals surface area (Å²) in [4.78, 5) is 11.9. The van der Waals surface area contributed by atoms with Gasteiger partial charge in [-0.2, -0.15) is 5.10 Å². The van der Waals surface area contributed by atoms with Crippen LogP contribution in [0.1, 0.15) is 29.4 Å². The molecule has 21 heavy (non-hydrogen) atoms. The summed E-state index contributed by atoms with van der Waals surface area (Å²) in [6.07, 6.45) is -2.89. The fourth-order valence-electron chi connectivity index (χ4n) is 1.80. The standard InChI is InChI=1S/C13H10Cl2F2N2O2/c1-2-21-13(20)9-10(18-19-11(9)12(16)17)7-4-3-6(14)5-8(7)15/h3-5,12H,2H2,1H3,(H,18,19). The maximum absolute atomic E-state index is 13.0. The molecule has 1 heterocycles. The maximum Gasteiger partial charge on any atom is 0.342 e. The van der Waals surface area contributed by atoms with Gasteiger partial charge in [-0.1, -0.05) is 23.2 Å². The number of hydrogen-bond acceptors (Lipinski definition) is 3. The Morgan fingerprint density at radius 3 is 2.71 bits per heavy atom. The summed E-state index contributed by atoms with van der Waals surface area (Å²) in [5.41, 5.74) is -0.608. The lowest BCUT2D eigenvalue weighted by Crippen LogP contribution is -2.08. The molecule has 0 aliphatic carbocycles. The van der Waals surface area contributed by atoms with Gasteiger partial charge in [0.1, 0.15) is 17.0 Å². The Hall–Kier alpha value is -1.66. The van der Waals surface area contributed by atoms with Crippen LogP contribution in [0.4, 0.5) is 8.78 Å². The Bertz CT molecular complexity index is 674. The minimum atomic E-state index is -2.89. The number of nitrogens with one attached hydrogen (secondary N) is 1. The molecule has 0 saturated heterocycles. The molecule has 8 heteroatoms. The lowest BCUT2D eigenvalue weighted by atomic mass is 10.1. The number of carbonyl (C=O) groups is 1. The molecule has 0 saturated carbocycles. The zero-order valence-corrected chi connectivity index (χ0v) is 12.3. The smallest absolute Gasteiger partial charge is 0.342 e. The second-order valence-corrected chi connectivity index (χ2v) is 4.85. The molecule has 1 N–H and O–H groups in total. The van der Waals surface area contributed by atoms with Crippen molar-refractivity contribution in [2.75, 3.05) is 6.61 Å². The lowest BCUT2D eigenvalue weighted by molar-refractivity contribution is 0.0516. The molecule has 0 atom stereocenters. The van der Waals surface area contributed by atoms with E-state index < -0.39 is 18.1 Å². The normalized spacial score (nSPS) is 11.0. The van der Waals surface area contributed by atoms with Crippen molar-refractivity contribution in [1.82, 2.24) is 10.2 Å². The van der Waals surface area contributed by atoms with Gasteiger partial charge in [-0.05, 0) is 25.1 Å². The van der Waals surface area contributed by atoms with Gasteiger partial charge in [0.05, 0.1) is 11.6 Å². The van der Waals surface area contributed by atoms with E-state index >= 15 is 0 Å². The van der Waals surface area contributed by atoms with E-state index in [1.54, 1.807) is 6.92 Å². The molecular formula is C13H10Cl2F2N2O2. The van der Waals surface area contributed by atoms with E-state index in [1.165, 1.54) is 18.2 Å². The van der Waals surface area contributed by atoms with Crippen molar-refractivity contribution in [3.8, 4) is 11.3 Å². The van der Waals surface area contributed by atoms with Gasteiger partial charge in [-0.25, -0.2) is 13.6 Å². The number of nitrogens with zero attached hydrogens (tertiary/aromatic N) is 1. The maximum atomic E-state index is 13.0. The number of esters is 1. The molecule has 0 aliphatic heterocycles. The SMILES string of the molecule is CCOC(=O)c1c(-c2ccc(Cl)cc2Cl)n[nH]c1C(F)F. The Morgan fingerprint density at radius 2 is 2.14 bits per heavy atom. The molecule has 1 aromatic heterocycles. The van der Waals surface area contributed by atoms with Crippen LogP contribution in [0.2, 0.25) is 10.0 Å². The summed E-state index contributed by atoms with van der Waals surface area (Å²) in [6, 6.07) is 4.46. The fourth-order valence-corrected chi connectivity index (χ4v) is 2.30. The molecule has 0 unspecified atom stereocenters. The number of hydrogen-bond donors (Lipinski definition) is 1. The van der Waals surface area contributed by atoms with E-state index in [0.717, 1.165) is 0 Å². The highest BCUT2D eigenvalue weighted by molar-refractivity contribution is 6.36. The summed E-state index contributed by atoms with van der Waals surface area (Å²) in [5.74, 6) is -0.887. The van der Waals surface area contributed by atoms with E-state index in [0.29, 0.717) is 10.6 Å². The summed E-state index contributed by atoms with van der Waals surface area (Å²) in [5, 5.41) is 6.50. The third-order valence-corrected chi connectivity index (χ3v) is 3.23. The molecular weight excluding hydrogens is 325 g/mol. The number of carbonyl (C=O) groups excluding carboxylic acids is 1. The van der Waals surface area contributed by atoms with Crippen LogP contribution in [0.25, 0.3) is 11.3 Å². The van der Waals surface area contributed by atoms with Crippen molar-refractivity contribution in [3.05, 3.63) is 39.5 Å². The van der Waals surface area contributed by atoms with Crippen molar-refractivity contribution < 1.29 is 18.3 Å². The van der Waals surface area contributed by atoms with Gasteiger partial charge in [0.25, 0.3) is 6.43 Å². The van der Waals surface area contributed by atoms with E-state index in [-0.39, 0.29) is 22.9 Å². The van der Waals surface area contributed by atoms with Crippen LogP contribution in [0.5, 0.6) is 0 Å². The molecule has 0 amide bonds. The van der Waals surface area contributed by atoms with Gasteiger partial charge in [0.15, 0.2) is 0 Å².